The van der Waals surface area contributed by atoms with Gasteiger partial charge in [-0.05, 0) is 79.5 Å². The minimum absolute atomic E-state index is 0.157. The van der Waals surface area contributed by atoms with Crippen LogP contribution in [0.15, 0.2) is 91.0 Å². The first-order valence-corrected chi connectivity index (χ1v) is 14.8. The number of benzene rings is 3. The third-order valence-corrected chi connectivity index (χ3v) is 8.51. The van der Waals surface area contributed by atoms with Gasteiger partial charge in [-0.3, -0.25) is 14.4 Å². The van der Waals surface area contributed by atoms with E-state index < -0.39 is 23.3 Å². The Bertz CT molecular complexity index is 1460. The molecule has 1 aliphatic heterocycles. The summed E-state index contributed by atoms with van der Waals surface area (Å²) in [7, 11) is 0. The SMILES string of the molecule is CC(C)C[C@@H](C(=O)NC1CCc2ccccc2N(Cc2cccc(Nc3ccccc3)c2)C1=O)C1(C(N)=O)CC=CC1. The zero-order chi connectivity index (χ0) is 29.7. The average Bonchev–Trinajstić information content (AvgIpc) is 3.44. The van der Waals surface area contributed by atoms with E-state index in [1.54, 1.807) is 4.90 Å². The van der Waals surface area contributed by atoms with Gasteiger partial charge in [-0.1, -0.05) is 74.5 Å². The lowest BCUT2D eigenvalue weighted by Crippen LogP contribution is -2.54. The highest BCUT2D eigenvalue weighted by molar-refractivity contribution is 6.01. The molecule has 3 aromatic rings. The van der Waals surface area contributed by atoms with E-state index in [-0.39, 0.29) is 17.7 Å². The summed E-state index contributed by atoms with van der Waals surface area (Å²) in [5.74, 6) is -1.32. The van der Waals surface area contributed by atoms with Crippen molar-refractivity contribution in [2.75, 3.05) is 10.2 Å². The van der Waals surface area contributed by atoms with Crippen molar-refractivity contribution in [3.05, 3.63) is 102 Å². The third-order valence-electron chi connectivity index (χ3n) is 8.51. The number of anilines is 3. The second-order valence-electron chi connectivity index (χ2n) is 11.9. The number of nitrogens with one attached hydrogen (secondary N) is 2. The van der Waals surface area contributed by atoms with Crippen LogP contribution < -0.4 is 21.3 Å². The van der Waals surface area contributed by atoms with Crippen LogP contribution in [-0.4, -0.2) is 23.8 Å². The molecular weight excluding hydrogens is 524 g/mol. The summed E-state index contributed by atoms with van der Waals surface area (Å²) >= 11 is 0. The molecule has 4 N–H and O–H groups in total. The van der Waals surface area contributed by atoms with E-state index in [2.05, 4.69) is 10.6 Å². The van der Waals surface area contributed by atoms with Crippen LogP contribution in [0.1, 0.15) is 50.7 Å². The number of amides is 3. The number of hydrogen-bond donors (Lipinski definition) is 3. The van der Waals surface area contributed by atoms with Gasteiger partial charge in [-0.2, -0.15) is 0 Å². The quantitative estimate of drug-likeness (QED) is 0.268. The lowest BCUT2D eigenvalue weighted by atomic mass is 9.69. The number of hydrogen-bond acceptors (Lipinski definition) is 4. The molecular formula is C35H40N4O3. The zero-order valence-electron chi connectivity index (χ0n) is 24.4. The highest BCUT2D eigenvalue weighted by Gasteiger charge is 2.48. The van der Waals surface area contributed by atoms with Crippen molar-refractivity contribution in [1.82, 2.24) is 5.32 Å². The van der Waals surface area contributed by atoms with E-state index in [0.717, 1.165) is 28.2 Å². The molecule has 1 aliphatic carbocycles. The number of nitrogens with zero attached hydrogens (tertiary/aromatic N) is 1. The van der Waals surface area contributed by atoms with Gasteiger partial charge in [0.05, 0.1) is 17.9 Å². The Morgan fingerprint density at radius 2 is 1.64 bits per heavy atom. The predicted octanol–water partition coefficient (Wildman–Crippen LogP) is 5.88. The molecule has 0 aromatic heterocycles. The number of allylic oxidation sites excluding steroid dienone is 2. The third kappa shape index (κ3) is 6.25. The second kappa shape index (κ2) is 12.6. The largest absolute Gasteiger partial charge is 0.369 e. The Morgan fingerprint density at radius 3 is 2.36 bits per heavy atom. The highest BCUT2D eigenvalue weighted by atomic mass is 16.2. The van der Waals surface area contributed by atoms with Gasteiger partial charge in [0, 0.05) is 17.1 Å². The molecule has 42 heavy (non-hydrogen) atoms. The van der Waals surface area contributed by atoms with Crippen LogP contribution in [-0.2, 0) is 27.3 Å². The van der Waals surface area contributed by atoms with Crippen LogP contribution >= 0.6 is 0 Å². The zero-order valence-corrected chi connectivity index (χ0v) is 24.4. The Labute approximate surface area is 248 Å². The van der Waals surface area contributed by atoms with Crippen LogP contribution in [0.25, 0.3) is 0 Å². The molecule has 0 saturated heterocycles. The van der Waals surface area contributed by atoms with Crippen molar-refractivity contribution < 1.29 is 14.4 Å². The second-order valence-corrected chi connectivity index (χ2v) is 11.9. The molecule has 3 aromatic carbocycles. The number of para-hydroxylation sites is 2. The van der Waals surface area contributed by atoms with Crippen LogP contribution in [0, 0.1) is 17.3 Å². The molecule has 0 radical (unpaired) electrons. The number of nitrogens with two attached hydrogens (primary N) is 1. The van der Waals surface area contributed by atoms with Gasteiger partial charge in [0.25, 0.3) is 0 Å². The van der Waals surface area contributed by atoms with E-state index in [0.29, 0.717) is 38.6 Å². The lowest BCUT2D eigenvalue weighted by molar-refractivity contribution is -0.142. The fourth-order valence-electron chi connectivity index (χ4n) is 6.29. The van der Waals surface area contributed by atoms with Gasteiger partial charge in [-0.15, -0.1) is 0 Å². The monoisotopic (exact) mass is 564 g/mol. The van der Waals surface area contributed by atoms with E-state index in [1.165, 1.54) is 0 Å². The van der Waals surface area contributed by atoms with Crippen LogP contribution in [0.4, 0.5) is 17.1 Å². The number of primary amides is 1. The maximum Gasteiger partial charge on any atom is 0.249 e. The standard InChI is InChI=1S/C35H40N4O3/c1-24(2)21-29(35(34(36)42)19-8-9-20-35)32(40)38-30-18-17-26-12-6-7-16-31(26)39(33(30)41)23-25-11-10-15-28(22-25)37-27-13-4-3-5-14-27/h3-16,22,24,29-30,37H,17-21,23H2,1-2H3,(H2,36,42)(H,38,40)/t29-,30?/m0/s1. The summed E-state index contributed by atoms with van der Waals surface area (Å²) < 4.78 is 0. The van der Waals surface area contributed by atoms with Crippen molar-refractivity contribution in [2.24, 2.45) is 23.0 Å². The van der Waals surface area contributed by atoms with E-state index in [4.69, 9.17) is 5.73 Å². The number of rotatable bonds is 10. The smallest absolute Gasteiger partial charge is 0.249 e. The first kappa shape index (κ1) is 29.1. The number of fused-ring (bicyclic) bond motifs is 1. The molecule has 0 bridgehead atoms. The molecule has 0 fully saturated rings. The lowest BCUT2D eigenvalue weighted by Gasteiger charge is -2.36. The van der Waals surface area contributed by atoms with Gasteiger partial charge < -0.3 is 21.3 Å². The van der Waals surface area contributed by atoms with Gasteiger partial charge in [0.15, 0.2) is 0 Å². The molecule has 2 aliphatic rings. The summed E-state index contributed by atoms with van der Waals surface area (Å²) in [6.07, 6.45) is 6.39. The Kier molecular flexibility index (Phi) is 8.76. The van der Waals surface area contributed by atoms with Gasteiger partial charge in [0.1, 0.15) is 6.04 Å². The number of carbonyl (C=O) groups is 3. The minimum Gasteiger partial charge on any atom is -0.369 e. The maximum atomic E-state index is 14.2. The molecule has 0 saturated carbocycles. The van der Waals surface area contributed by atoms with E-state index in [1.807, 2.05) is 105 Å². The minimum atomic E-state index is -0.961. The summed E-state index contributed by atoms with van der Waals surface area (Å²) in [6, 6.07) is 25.2. The number of aryl methyl sites for hydroxylation is 1. The molecule has 2 atom stereocenters. The van der Waals surface area contributed by atoms with Crippen LogP contribution in [0.3, 0.4) is 0 Å². The van der Waals surface area contributed by atoms with Gasteiger partial charge in [-0.25, -0.2) is 0 Å². The molecule has 3 amide bonds. The van der Waals surface area contributed by atoms with E-state index in [9.17, 15) is 14.4 Å². The van der Waals surface area contributed by atoms with Crippen molar-refractivity contribution >= 4 is 34.8 Å². The first-order chi connectivity index (χ1) is 20.3. The van der Waals surface area contributed by atoms with Crippen LogP contribution in [0.5, 0.6) is 0 Å². The number of carbonyl (C=O) groups excluding carboxylic acids is 3. The Morgan fingerprint density at radius 1 is 0.952 bits per heavy atom. The average molecular weight is 565 g/mol. The molecule has 5 rings (SSSR count). The Hall–Kier alpha value is -4.39. The fourth-order valence-corrected chi connectivity index (χ4v) is 6.29. The van der Waals surface area contributed by atoms with Crippen molar-refractivity contribution in [3.8, 4) is 0 Å². The van der Waals surface area contributed by atoms with Crippen molar-refractivity contribution in [1.29, 1.82) is 0 Å². The maximum absolute atomic E-state index is 14.2. The van der Waals surface area contributed by atoms with Crippen molar-refractivity contribution in [2.45, 2.75) is 58.5 Å². The predicted molar refractivity (Wildman–Crippen MR) is 167 cm³/mol. The van der Waals surface area contributed by atoms with E-state index >= 15 is 0 Å². The molecule has 218 valence electrons. The highest BCUT2D eigenvalue weighted by Crippen LogP contribution is 2.43. The summed E-state index contributed by atoms with van der Waals surface area (Å²) in [4.78, 5) is 42.6. The summed E-state index contributed by atoms with van der Waals surface area (Å²) in [6.45, 7) is 4.43. The first-order valence-electron chi connectivity index (χ1n) is 14.8. The van der Waals surface area contributed by atoms with Crippen LogP contribution in [0.2, 0.25) is 0 Å². The normalized spacial score (nSPS) is 18.3. The molecule has 0 spiro atoms. The summed E-state index contributed by atoms with van der Waals surface area (Å²) in [5, 5.41) is 6.51. The molecule has 1 heterocycles. The Balaban J connectivity index is 1.40. The van der Waals surface area contributed by atoms with Crippen molar-refractivity contribution in [3.63, 3.8) is 0 Å². The van der Waals surface area contributed by atoms with Gasteiger partial charge in [0.2, 0.25) is 17.7 Å². The fraction of sp³-hybridized carbons (Fsp3) is 0.343. The summed E-state index contributed by atoms with van der Waals surface area (Å²) in [5.41, 5.74) is 9.75. The topological polar surface area (TPSA) is 105 Å². The van der Waals surface area contributed by atoms with Gasteiger partial charge >= 0.3 is 0 Å². The molecule has 1 unspecified atom stereocenters. The molecule has 7 heteroatoms. The molecule has 7 nitrogen and oxygen atoms in total.